The Labute approximate surface area is 201 Å². The predicted octanol–water partition coefficient (Wildman–Crippen LogP) is 5.98. The minimum Gasteiger partial charge on any atom is -0.494 e. The fourth-order valence-electron chi connectivity index (χ4n) is 2.95. The average molecular weight is 507 g/mol. The molecular formula is C26H23BrN2O4. The number of nitrogens with zero attached hydrogens (tertiary/aromatic N) is 1. The minimum atomic E-state index is -0.504. The van der Waals surface area contributed by atoms with Crippen molar-refractivity contribution in [2.45, 2.75) is 13.5 Å². The van der Waals surface area contributed by atoms with Crippen LogP contribution in [0.5, 0.6) is 17.2 Å². The van der Waals surface area contributed by atoms with Gasteiger partial charge in [-0.15, -0.1) is 0 Å². The van der Waals surface area contributed by atoms with Crippen LogP contribution < -0.4 is 19.5 Å². The number of anilines is 1. The van der Waals surface area contributed by atoms with E-state index in [2.05, 4.69) is 21.2 Å². The topological polar surface area (TPSA) is 80.6 Å². The van der Waals surface area contributed by atoms with Gasteiger partial charge < -0.3 is 19.5 Å². The lowest BCUT2D eigenvalue weighted by atomic mass is 10.1. The molecule has 0 unspecified atom stereocenters. The summed E-state index contributed by atoms with van der Waals surface area (Å²) in [6.07, 6.45) is 1.50. The first-order valence-electron chi connectivity index (χ1n) is 10.2. The average Bonchev–Trinajstić information content (AvgIpc) is 2.83. The fourth-order valence-corrected chi connectivity index (χ4v) is 3.21. The number of rotatable bonds is 9. The van der Waals surface area contributed by atoms with Crippen LogP contribution in [0.25, 0.3) is 6.08 Å². The lowest BCUT2D eigenvalue weighted by Crippen LogP contribution is -2.13. The van der Waals surface area contributed by atoms with Gasteiger partial charge in [0.2, 0.25) is 0 Å². The molecule has 0 heterocycles. The maximum Gasteiger partial charge on any atom is 0.266 e. The van der Waals surface area contributed by atoms with E-state index < -0.39 is 5.91 Å². The van der Waals surface area contributed by atoms with Crippen LogP contribution in [0.15, 0.2) is 76.8 Å². The SMILES string of the molecule is CCOc1ccc(NC(=O)/C(C#N)=C\c2ccc(OCc3ccc(Br)cc3)c(OC)c2)cc1. The largest absolute Gasteiger partial charge is 0.494 e. The second-order valence-corrected chi connectivity index (χ2v) is 7.82. The van der Waals surface area contributed by atoms with Crippen LogP contribution in [0.4, 0.5) is 5.69 Å². The number of carbonyl (C=O) groups is 1. The van der Waals surface area contributed by atoms with Crippen molar-refractivity contribution in [3.05, 3.63) is 87.9 Å². The van der Waals surface area contributed by atoms with Gasteiger partial charge in [-0.2, -0.15) is 5.26 Å². The Balaban J connectivity index is 1.71. The summed E-state index contributed by atoms with van der Waals surface area (Å²) in [5.41, 5.74) is 2.19. The third-order valence-electron chi connectivity index (χ3n) is 4.59. The third kappa shape index (κ3) is 6.86. The van der Waals surface area contributed by atoms with Crippen LogP contribution in [0, 0.1) is 11.3 Å². The molecule has 0 aliphatic heterocycles. The highest BCUT2D eigenvalue weighted by molar-refractivity contribution is 9.10. The van der Waals surface area contributed by atoms with Gasteiger partial charge in [0.15, 0.2) is 11.5 Å². The van der Waals surface area contributed by atoms with Gasteiger partial charge in [0.05, 0.1) is 13.7 Å². The first kappa shape index (κ1) is 23.9. The number of carbonyl (C=O) groups excluding carboxylic acids is 1. The number of nitriles is 1. The van der Waals surface area contributed by atoms with Gasteiger partial charge in [-0.25, -0.2) is 0 Å². The molecule has 0 bridgehead atoms. The molecular weight excluding hydrogens is 484 g/mol. The molecule has 3 rings (SSSR count). The van der Waals surface area contributed by atoms with E-state index in [1.54, 1.807) is 49.6 Å². The monoisotopic (exact) mass is 506 g/mol. The number of ether oxygens (including phenoxy) is 3. The molecule has 3 aromatic rings. The summed E-state index contributed by atoms with van der Waals surface area (Å²) in [5.74, 6) is 1.28. The van der Waals surface area contributed by atoms with Crippen LogP contribution in [0.1, 0.15) is 18.1 Å². The standard InChI is InChI=1S/C26H23BrN2O4/c1-3-32-23-11-9-22(10-12-23)29-26(30)20(16-28)14-19-6-13-24(25(15-19)31-2)33-17-18-4-7-21(27)8-5-18/h4-15H,3,17H2,1-2H3,(H,29,30)/b20-14-. The molecule has 0 spiro atoms. The van der Waals surface area contributed by atoms with Gasteiger partial charge in [0.25, 0.3) is 5.91 Å². The van der Waals surface area contributed by atoms with Crippen molar-refractivity contribution in [3.8, 4) is 23.3 Å². The second-order valence-electron chi connectivity index (χ2n) is 6.91. The van der Waals surface area contributed by atoms with Crippen LogP contribution in [0.3, 0.4) is 0 Å². The van der Waals surface area contributed by atoms with Gasteiger partial charge in [-0.1, -0.05) is 34.1 Å². The van der Waals surface area contributed by atoms with Crippen molar-refractivity contribution in [1.29, 1.82) is 5.26 Å². The Morgan fingerprint density at radius 2 is 1.76 bits per heavy atom. The van der Waals surface area contributed by atoms with E-state index in [-0.39, 0.29) is 5.57 Å². The molecule has 0 atom stereocenters. The maximum absolute atomic E-state index is 12.6. The highest BCUT2D eigenvalue weighted by Crippen LogP contribution is 2.30. The van der Waals surface area contributed by atoms with E-state index in [1.807, 2.05) is 37.3 Å². The molecule has 3 aromatic carbocycles. The molecule has 7 heteroatoms. The van der Waals surface area contributed by atoms with E-state index in [9.17, 15) is 10.1 Å². The Kier molecular flexibility index (Phi) is 8.50. The van der Waals surface area contributed by atoms with Gasteiger partial charge in [-0.3, -0.25) is 4.79 Å². The molecule has 0 aromatic heterocycles. The summed E-state index contributed by atoms with van der Waals surface area (Å²) in [7, 11) is 1.54. The summed E-state index contributed by atoms with van der Waals surface area (Å²) >= 11 is 3.41. The summed E-state index contributed by atoms with van der Waals surface area (Å²) < 4.78 is 17.7. The van der Waals surface area contributed by atoms with Gasteiger partial charge in [-0.05, 0) is 72.7 Å². The predicted molar refractivity (Wildman–Crippen MR) is 131 cm³/mol. The van der Waals surface area contributed by atoms with Crippen molar-refractivity contribution in [1.82, 2.24) is 0 Å². The Bertz CT molecular complexity index is 1170. The molecule has 1 N–H and O–H groups in total. The van der Waals surface area contributed by atoms with Crippen molar-refractivity contribution < 1.29 is 19.0 Å². The van der Waals surface area contributed by atoms with Crippen LogP contribution in [-0.4, -0.2) is 19.6 Å². The zero-order chi connectivity index (χ0) is 23.6. The van der Waals surface area contributed by atoms with E-state index >= 15 is 0 Å². The van der Waals surface area contributed by atoms with Gasteiger partial charge in [0.1, 0.15) is 24.0 Å². The van der Waals surface area contributed by atoms with E-state index in [0.29, 0.717) is 41.7 Å². The molecule has 6 nitrogen and oxygen atoms in total. The Hall–Kier alpha value is -3.76. The lowest BCUT2D eigenvalue weighted by molar-refractivity contribution is -0.112. The molecule has 0 aliphatic rings. The second kappa shape index (κ2) is 11.7. The lowest BCUT2D eigenvalue weighted by Gasteiger charge is -2.12. The van der Waals surface area contributed by atoms with Gasteiger partial charge in [0, 0.05) is 10.2 Å². The zero-order valence-corrected chi connectivity index (χ0v) is 19.9. The summed E-state index contributed by atoms with van der Waals surface area (Å²) in [5, 5.41) is 12.2. The summed E-state index contributed by atoms with van der Waals surface area (Å²) in [6, 6.07) is 22.0. The Morgan fingerprint density at radius 1 is 1.03 bits per heavy atom. The molecule has 0 saturated heterocycles. The number of halogens is 1. The molecule has 33 heavy (non-hydrogen) atoms. The normalized spacial score (nSPS) is 10.8. The molecule has 1 amide bonds. The number of amides is 1. The molecule has 0 radical (unpaired) electrons. The summed E-state index contributed by atoms with van der Waals surface area (Å²) in [4.78, 5) is 12.6. The van der Waals surface area contributed by atoms with Crippen molar-refractivity contribution >= 4 is 33.6 Å². The van der Waals surface area contributed by atoms with Crippen molar-refractivity contribution in [2.24, 2.45) is 0 Å². The number of hydrogen-bond acceptors (Lipinski definition) is 5. The number of methoxy groups -OCH3 is 1. The van der Waals surface area contributed by atoms with E-state index in [4.69, 9.17) is 14.2 Å². The first-order valence-corrected chi connectivity index (χ1v) is 11.0. The van der Waals surface area contributed by atoms with Crippen molar-refractivity contribution in [2.75, 3.05) is 19.0 Å². The smallest absolute Gasteiger partial charge is 0.266 e. The van der Waals surface area contributed by atoms with E-state index in [1.165, 1.54) is 6.08 Å². The van der Waals surface area contributed by atoms with E-state index in [0.717, 1.165) is 10.0 Å². The fraction of sp³-hybridized carbons (Fsp3) is 0.154. The highest BCUT2D eigenvalue weighted by Gasteiger charge is 2.12. The zero-order valence-electron chi connectivity index (χ0n) is 18.3. The Morgan fingerprint density at radius 3 is 2.39 bits per heavy atom. The highest BCUT2D eigenvalue weighted by atomic mass is 79.9. The molecule has 0 aliphatic carbocycles. The number of hydrogen-bond donors (Lipinski definition) is 1. The number of benzene rings is 3. The quantitative estimate of drug-likeness (QED) is 0.285. The van der Waals surface area contributed by atoms with Crippen LogP contribution in [-0.2, 0) is 11.4 Å². The first-order chi connectivity index (χ1) is 16.0. The molecule has 168 valence electrons. The summed E-state index contributed by atoms with van der Waals surface area (Å²) in [6.45, 7) is 2.84. The molecule has 0 fully saturated rings. The number of nitrogens with one attached hydrogen (secondary N) is 1. The third-order valence-corrected chi connectivity index (χ3v) is 5.12. The van der Waals surface area contributed by atoms with Crippen LogP contribution >= 0.6 is 15.9 Å². The minimum absolute atomic E-state index is 0.0329. The van der Waals surface area contributed by atoms with Gasteiger partial charge >= 0.3 is 0 Å². The molecule has 0 saturated carbocycles. The maximum atomic E-state index is 12.6. The van der Waals surface area contributed by atoms with Crippen LogP contribution in [0.2, 0.25) is 0 Å². The van der Waals surface area contributed by atoms with Crippen molar-refractivity contribution in [3.63, 3.8) is 0 Å².